The van der Waals surface area contributed by atoms with Gasteiger partial charge >= 0.3 is 0 Å². The Hall–Kier alpha value is -1.34. The summed E-state index contributed by atoms with van der Waals surface area (Å²) in [6, 6.07) is 9.88. The molecule has 0 aliphatic carbocycles. The van der Waals surface area contributed by atoms with Crippen molar-refractivity contribution in [1.82, 2.24) is 15.1 Å². The summed E-state index contributed by atoms with van der Waals surface area (Å²) in [5.41, 5.74) is 7.11. The number of rotatable bonds is 8. The zero-order valence-electron chi connectivity index (χ0n) is 17.0. The summed E-state index contributed by atoms with van der Waals surface area (Å²) >= 11 is 0. The number of carbonyl (C=O) groups excluding carboxylic acids is 2. The van der Waals surface area contributed by atoms with E-state index in [4.69, 9.17) is 5.73 Å². The third-order valence-corrected chi connectivity index (χ3v) is 5.01. The summed E-state index contributed by atoms with van der Waals surface area (Å²) in [5.74, 6) is 0.186. The van der Waals surface area contributed by atoms with Gasteiger partial charge in [0.2, 0.25) is 11.8 Å². The highest BCUT2D eigenvalue weighted by molar-refractivity contribution is 5.87. The van der Waals surface area contributed by atoms with Crippen molar-refractivity contribution in [3.63, 3.8) is 0 Å². The highest BCUT2D eigenvalue weighted by atomic mass is 35.5. The van der Waals surface area contributed by atoms with Crippen LogP contribution in [0.2, 0.25) is 0 Å². The first kappa shape index (κ1) is 26.7. The third kappa shape index (κ3) is 8.35. The van der Waals surface area contributed by atoms with E-state index in [-0.39, 0.29) is 49.1 Å². The van der Waals surface area contributed by atoms with Crippen LogP contribution in [0, 0.1) is 11.8 Å². The molecule has 1 aromatic carbocycles. The predicted octanol–water partition coefficient (Wildman–Crippen LogP) is 1.91. The van der Waals surface area contributed by atoms with E-state index in [2.05, 4.69) is 34.5 Å². The molecule has 0 radical (unpaired) electrons. The Labute approximate surface area is 181 Å². The molecule has 0 bridgehead atoms. The molecule has 1 saturated heterocycles. The number of nitrogens with two attached hydrogens (primary N) is 1. The average molecular weight is 433 g/mol. The molecule has 2 atom stereocenters. The number of nitrogens with zero attached hydrogens (tertiary/aromatic N) is 2. The van der Waals surface area contributed by atoms with Crippen molar-refractivity contribution in [3.8, 4) is 0 Å². The fourth-order valence-corrected chi connectivity index (χ4v) is 3.25. The minimum Gasteiger partial charge on any atom is -0.346 e. The van der Waals surface area contributed by atoms with Gasteiger partial charge in [-0.2, -0.15) is 0 Å². The van der Waals surface area contributed by atoms with Crippen LogP contribution in [-0.4, -0.2) is 60.9 Å². The van der Waals surface area contributed by atoms with Crippen molar-refractivity contribution < 1.29 is 9.59 Å². The highest BCUT2D eigenvalue weighted by Crippen LogP contribution is 2.19. The topological polar surface area (TPSA) is 78.7 Å². The monoisotopic (exact) mass is 432 g/mol. The van der Waals surface area contributed by atoms with E-state index in [9.17, 15) is 9.59 Å². The molecular weight excluding hydrogens is 399 g/mol. The summed E-state index contributed by atoms with van der Waals surface area (Å²) in [6.07, 6.45) is 1.09. The lowest BCUT2D eigenvalue weighted by atomic mass is 10.1. The van der Waals surface area contributed by atoms with Gasteiger partial charge in [-0.05, 0) is 30.4 Å². The minimum atomic E-state index is -0.575. The van der Waals surface area contributed by atoms with Crippen molar-refractivity contribution >= 4 is 36.6 Å². The number of carbonyl (C=O) groups is 2. The van der Waals surface area contributed by atoms with Crippen LogP contribution in [0.3, 0.4) is 0 Å². The van der Waals surface area contributed by atoms with Crippen molar-refractivity contribution in [3.05, 3.63) is 35.9 Å². The average Bonchev–Trinajstić information content (AvgIpc) is 3.06. The van der Waals surface area contributed by atoms with Crippen LogP contribution in [0.5, 0.6) is 0 Å². The molecule has 8 heteroatoms. The lowest BCUT2D eigenvalue weighted by Crippen LogP contribution is -2.47. The van der Waals surface area contributed by atoms with Crippen LogP contribution in [0.25, 0.3) is 0 Å². The quantitative estimate of drug-likeness (QED) is 0.657. The van der Waals surface area contributed by atoms with Gasteiger partial charge in [-0.3, -0.25) is 14.5 Å². The summed E-state index contributed by atoms with van der Waals surface area (Å²) < 4.78 is 0. The SMILES string of the molecule is CC(C)[C@H](N)C(=O)NCC(=O)N(C)CC1CCN(Cc2ccccc2)C1.Cl.Cl. The fourth-order valence-electron chi connectivity index (χ4n) is 3.25. The van der Waals surface area contributed by atoms with Crippen LogP contribution in [-0.2, 0) is 16.1 Å². The van der Waals surface area contributed by atoms with E-state index in [0.717, 1.165) is 32.6 Å². The third-order valence-electron chi connectivity index (χ3n) is 5.01. The molecule has 0 saturated carbocycles. The Morgan fingerprint density at radius 2 is 1.89 bits per heavy atom. The first-order valence-electron chi connectivity index (χ1n) is 9.40. The molecule has 1 unspecified atom stereocenters. The molecular formula is C20H34Cl2N4O2. The van der Waals surface area contributed by atoms with Gasteiger partial charge in [-0.25, -0.2) is 0 Å². The zero-order chi connectivity index (χ0) is 19.1. The Morgan fingerprint density at radius 3 is 2.50 bits per heavy atom. The van der Waals surface area contributed by atoms with Crippen molar-refractivity contribution in [2.75, 3.05) is 33.2 Å². The molecule has 1 fully saturated rings. The Kier molecular flexibility index (Phi) is 12.4. The number of hydrogen-bond donors (Lipinski definition) is 2. The number of likely N-dealkylation sites (N-methyl/N-ethyl adjacent to an activating group) is 1. The van der Waals surface area contributed by atoms with Gasteiger partial charge in [0.15, 0.2) is 0 Å². The van der Waals surface area contributed by atoms with Gasteiger partial charge < -0.3 is 16.0 Å². The molecule has 160 valence electrons. The van der Waals surface area contributed by atoms with Gasteiger partial charge in [-0.15, -0.1) is 24.8 Å². The molecule has 1 aliphatic heterocycles. The molecule has 1 heterocycles. The molecule has 3 N–H and O–H groups in total. The van der Waals surface area contributed by atoms with Crippen LogP contribution >= 0.6 is 24.8 Å². The first-order valence-corrected chi connectivity index (χ1v) is 9.40. The highest BCUT2D eigenvalue weighted by Gasteiger charge is 2.25. The molecule has 1 aromatic rings. The van der Waals surface area contributed by atoms with Crippen LogP contribution < -0.4 is 11.1 Å². The lowest BCUT2D eigenvalue weighted by Gasteiger charge is -2.23. The number of halogens is 2. The fraction of sp³-hybridized carbons (Fsp3) is 0.600. The first-order chi connectivity index (χ1) is 12.4. The van der Waals surface area contributed by atoms with Gasteiger partial charge in [0.05, 0.1) is 12.6 Å². The van der Waals surface area contributed by atoms with E-state index in [0.29, 0.717) is 5.92 Å². The summed E-state index contributed by atoms with van der Waals surface area (Å²) in [6.45, 7) is 7.52. The lowest BCUT2D eigenvalue weighted by molar-refractivity contribution is -0.132. The van der Waals surface area contributed by atoms with E-state index in [1.54, 1.807) is 11.9 Å². The van der Waals surface area contributed by atoms with E-state index in [1.807, 2.05) is 19.9 Å². The molecule has 28 heavy (non-hydrogen) atoms. The second kappa shape index (κ2) is 13.0. The molecule has 2 amide bonds. The predicted molar refractivity (Wildman–Crippen MR) is 118 cm³/mol. The number of hydrogen-bond acceptors (Lipinski definition) is 4. The maximum atomic E-state index is 12.3. The molecule has 6 nitrogen and oxygen atoms in total. The van der Waals surface area contributed by atoms with Crippen molar-refractivity contribution in [2.45, 2.75) is 32.9 Å². The van der Waals surface area contributed by atoms with Gasteiger partial charge in [0.25, 0.3) is 0 Å². The van der Waals surface area contributed by atoms with E-state index >= 15 is 0 Å². The number of likely N-dealkylation sites (tertiary alicyclic amines) is 1. The Bertz CT molecular complexity index is 601. The molecule has 0 spiro atoms. The summed E-state index contributed by atoms with van der Waals surface area (Å²) in [4.78, 5) is 28.3. The Morgan fingerprint density at radius 1 is 1.25 bits per heavy atom. The standard InChI is InChI=1S/C20H32N4O2.2ClH/c1-15(2)19(21)20(26)22-11-18(25)23(3)12-17-9-10-24(14-17)13-16-7-5-4-6-8-16;;/h4-8,15,17,19H,9-14,21H2,1-3H3,(H,22,26);2*1H/t17?,19-;;/m0../s1. The molecule has 1 aliphatic rings. The molecule has 0 aromatic heterocycles. The van der Waals surface area contributed by atoms with Crippen LogP contribution in [0.15, 0.2) is 30.3 Å². The minimum absolute atomic E-state index is 0. The van der Waals surface area contributed by atoms with E-state index < -0.39 is 6.04 Å². The second-order valence-corrected chi connectivity index (χ2v) is 7.64. The number of nitrogens with one attached hydrogen (secondary N) is 1. The maximum Gasteiger partial charge on any atom is 0.241 e. The second-order valence-electron chi connectivity index (χ2n) is 7.64. The van der Waals surface area contributed by atoms with E-state index in [1.165, 1.54) is 5.56 Å². The maximum absolute atomic E-state index is 12.3. The largest absolute Gasteiger partial charge is 0.346 e. The van der Waals surface area contributed by atoms with Gasteiger partial charge in [-0.1, -0.05) is 44.2 Å². The van der Waals surface area contributed by atoms with Gasteiger partial charge in [0, 0.05) is 26.7 Å². The smallest absolute Gasteiger partial charge is 0.241 e. The number of amides is 2. The summed E-state index contributed by atoms with van der Waals surface area (Å²) in [7, 11) is 1.80. The Balaban J connectivity index is 0.00000364. The molecule has 2 rings (SSSR count). The van der Waals surface area contributed by atoms with Gasteiger partial charge in [0.1, 0.15) is 0 Å². The van der Waals surface area contributed by atoms with Crippen LogP contribution in [0.1, 0.15) is 25.8 Å². The van der Waals surface area contributed by atoms with Crippen molar-refractivity contribution in [1.29, 1.82) is 0 Å². The summed E-state index contributed by atoms with van der Waals surface area (Å²) in [5, 5.41) is 2.65. The van der Waals surface area contributed by atoms with Crippen molar-refractivity contribution in [2.24, 2.45) is 17.6 Å². The number of benzene rings is 1. The zero-order valence-corrected chi connectivity index (χ0v) is 18.6. The normalized spacial score (nSPS) is 17.4. The van der Waals surface area contributed by atoms with Crippen LogP contribution in [0.4, 0.5) is 0 Å².